The molecule has 2 amide bonds. The molecule has 1 aliphatic rings. The number of carbonyl (C=O) groups excluding carboxylic acids is 1. The van der Waals surface area contributed by atoms with Gasteiger partial charge in [0.15, 0.2) is 0 Å². The monoisotopic (exact) mass is 294 g/mol. The van der Waals surface area contributed by atoms with E-state index in [4.69, 9.17) is 0 Å². The number of aliphatic carboxylic acids is 1. The highest BCUT2D eigenvalue weighted by atomic mass is 16.4. The van der Waals surface area contributed by atoms with Crippen LogP contribution in [0, 0.1) is 5.41 Å². The molecule has 0 aliphatic carbocycles. The second kappa shape index (κ2) is 5.75. The standard InChI is InChI=1S/C14H22N4O3/c1-4-18-8-11(7-15-18)10(2)16-13(21)17-6-5-14(3,9-17)12(19)20/h7-8,10H,4-6,9H2,1-3H3,(H,16,21)(H,19,20)/t10-,14-/m1/s1. The molecule has 2 N–H and O–H groups in total. The molecule has 0 bridgehead atoms. The van der Waals surface area contributed by atoms with Crippen LogP contribution in [0.2, 0.25) is 0 Å². The minimum atomic E-state index is -0.852. The summed E-state index contributed by atoms with van der Waals surface area (Å²) in [4.78, 5) is 25.0. The summed E-state index contributed by atoms with van der Waals surface area (Å²) in [5.41, 5.74) is 0.0959. The maximum absolute atomic E-state index is 12.2. The molecule has 0 spiro atoms. The van der Waals surface area contributed by atoms with E-state index in [0.717, 1.165) is 12.1 Å². The Morgan fingerprint density at radius 2 is 2.29 bits per heavy atom. The zero-order valence-corrected chi connectivity index (χ0v) is 12.7. The number of rotatable bonds is 4. The van der Waals surface area contributed by atoms with Crippen molar-refractivity contribution in [2.75, 3.05) is 13.1 Å². The fourth-order valence-electron chi connectivity index (χ4n) is 2.44. The number of carboxylic acids is 1. The fourth-order valence-corrected chi connectivity index (χ4v) is 2.44. The summed E-state index contributed by atoms with van der Waals surface area (Å²) in [6.07, 6.45) is 4.12. The van der Waals surface area contributed by atoms with Gasteiger partial charge in [0.25, 0.3) is 0 Å². The molecule has 2 heterocycles. The molecule has 1 aromatic heterocycles. The number of carboxylic acid groups (broad SMARTS) is 1. The van der Waals surface area contributed by atoms with Gasteiger partial charge < -0.3 is 15.3 Å². The number of aryl methyl sites for hydroxylation is 1. The predicted molar refractivity (Wildman–Crippen MR) is 76.8 cm³/mol. The molecule has 1 saturated heterocycles. The minimum absolute atomic E-state index is 0.158. The number of urea groups is 1. The highest BCUT2D eigenvalue weighted by Gasteiger charge is 2.42. The average molecular weight is 294 g/mol. The summed E-state index contributed by atoms with van der Waals surface area (Å²) in [5, 5.41) is 16.3. The molecule has 2 rings (SSSR count). The molecule has 7 heteroatoms. The van der Waals surface area contributed by atoms with Crippen molar-refractivity contribution in [3.05, 3.63) is 18.0 Å². The van der Waals surface area contributed by atoms with Gasteiger partial charge in [-0.1, -0.05) is 0 Å². The van der Waals surface area contributed by atoms with Crippen LogP contribution in [0.25, 0.3) is 0 Å². The first-order chi connectivity index (χ1) is 9.85. The van der Waals surface area contributed by atoms with Gasteiger partial charge in [0, 0.05) is 31.4 Å². The lowest BCUT2D eigenvalue weighted by Crippen LogP contribution is -2.41. The van der Waals surface area contributed by atoms with Crippen molar-refractivity contribution in [2.24, 2.45) is 5.41 Å². The molecular formula is C14H22N4O3. The Labute approximate surface area is 123 Å². The number of likely N-dealkylation sites (tertiary alicyclic amines) is 1. The Bertz CT molecular complexity index is 542. The molecule has 21 heavy (non-hydrogen) atoms. The molecule has 0 radical (unpaired) electrons. The smallest absolute Gasteiger partial charge is 0.317 e. The van der Waals surface area contributed by atoms with Gasteiger partial charge in [-0.2, -0.15) is 5.10 Å². The summed E-state index contributed by atoms with van der Waals surface area (Å²) in [7, 11) is 0. The van der Waals surface area contributed by atoms with Crippen LogP contribution in [0.15, 0.2) is 12.4 Å². The van der Waals surface area contributed by atoms with E-state index in [-0.39, 0.29) is 18.6 Å². The Kier molecular flexibility index (Phi) is 4.20. The molecular weight excluding hydrogens is 272 g/mol. The molecule has 2 atom stereocenters. The first-order valence-corrected chi connectivity index (χ1v) is 7.17. The van der Waals surface area contributed by atoms with E-state index in [0.29, 0.717) is 13.0 Å². The lowest BCUT2D eigenvalue weighted by Gasteiger charge is -2.22. The lowest BCUT2D eigenvalue weighted by molar-refractivity contribution is -0.146. The molecule has 116 valence electrons. The van der Waals surface area contributed by atoms with Crippen molar-refractivity contribution in [3.63, 3.8) is 0 Å². The van der Waals surface area contributed by atoms with E-state index < -0.39 is 11.4 Å². The van der Waals surface area contributed by atoms with Gasteiger partial charge >= 0.3 is 12.0 Å². The fraction of sp³-hybridized carbons (Fsp3) is 0.643. The first kappa shape index (κ1) is 15.3. The molecule has 1 aromatic rings. The number of hydrogen-bond donors (Lipinski definition) is 2. The predicted octanol–water partition coefficient (Wildman–Crippen LogP) is 1.47. The van der Waals surface area contributed by atoms with E-state index in [9.17, 15) is 14.7 Å². The third-order valence-electron chi connectivity index (χ3n) is 4.09. The molecule has 1 aliphatic heterocycles. The normalized spacial score (nSPS) is 23.1. The Morgan fingerprint density at radius 1 is 1.57 bits per heavy atom. The van der Waals surface area contributed by atoms with E-state index in [1.807, 2.05) is 20.0 Å². The highest BCUT2D eigenvalue weighted by molar-refractivity contribution is 5.79. The van der Waals surface area contributed by atoms with E-state index >= 15 is 0 Å². The number of nitrogens with one attached hydrogen (secondary N) is 1. The van der Waals surface area contributed by atoms with Gasteiger partial charge in [-0.15, -0.1) is 0 Å². The second-order valence-corrected chi connectivity index (χ2v) is 5.84. The van der Waals surface area contributed by atoms with Crippen LogP contribution in [0.5, 0.6) is 0 Å². The summed E-state index contributed by atoms with van der Waals surface area (Å²) in [6.45, 7) is 7.06. The van der Waals surface area contributed by atoms with Gasteiger partial charge in [-0.25, -0.2) is 4.79 Å². The minimum Gasteiger partial charge on any atom is -0.481 e. The van der Waals surface area contributed by atoms with Crippen molar-refractivity contribution in [1.82, 2.24) is 20.0 Å². The Balaban J connectivity index is 1.94. The van der Waals surface area contributed by atoms with Crippen molar-refractivity contribution < 1.29 is 14.7 Å². The van der Waals surface area contributed by atoms with Gasteiger partial charge in [0.1, 0.15) is 0 Å². The SMILES string of the molecule is CCn1cc([C@@H](C)NC(=O)N2CC[C@@](C)(C(=O)O)C2)cn1. The van der Waals surface area contributed by atoms with Crippen molar-refractivity contribution in [1.29, 1.82) is 0 Å². The van der Waals surface area contributed by atoms with E-state index in [1.54, 1.807) is 22.7 Å². The third-order valence-corrected chi connectivity index (χ3v) is 4.09. The van der Waals surface area contributed by atoms with E-state index in [1.165, 1.54) is 0 Å². The van der Waals surface area contributed by atoms with Gasteiger partial charge in [-0.05, 0) is 27.2 Å². The maximum Gasteiger partial charge on any atom is 0.317 e. The topological polar surface area (TPSA) is 87.5 Å². The summed E-state index contributed by atoms with van der Waals surface area (Å²) in [6, 6.07) is -0.383. The molecule has 0 saturated carbocycles. The van der Waals surface area contributed by atoms with Gasteiger partial charge in [0.05, 0.1) is 17.7 Å². The Morgan fingerprint density at radius 3 is 2.81 bits per heavy atom. The summed E-state index contributed by atoms with van der Waals surface area (Å²) < 4.78 is 1.80. The van der Waals surface area contributed by atoms with Crippen molar-refractivity contribution in [3.8, 4) is 0 Å². The average Bonchev–Trinajstić information content (AvgIpc) is 3.05. The summed E-state index contributed by atoms with van der Waals surface area (Å²) in [5.74, 6) is -0.852. The van der Waals surface area contributed by atoms with Crippen LogP contribution < -0.4 is 5.32 Å². The van der Waals surface area contributed by atoms with Crippen LogP contribution in [0.1, 0.15) is 38.8 Å². The van der Waals surface area contributed by atoms with Crippen LogP contribution in [-0.4, -0.2) is 44.9 Å². The highest BCUT2D eigenvalue weighted by Crippen LogP contribution is 2.30. The lowest BCUT2D eigenvalue weighted by atomic mass is 9.90. The van der Waals surface area contributed by atoms with Gasteiger partial charge in [0.2, 0.25) is 0 Å². The third kappa shape index (κ3) is 3.17. The first-order valence-electron chi connectivity index (χ1n) is 7.17. The zero-order valence-electron chi connectivity index (χ0n) is 12.7. The largest absolute Gasteiger partial charge is 0.481 e. The van der Waals surface area contributed by atoms with Crippen molar-refractivity contribution in [2.45, 2.75) is 39.8 Å². The van der Waals surface area contributed by atoms with Crippen molar-refractivity contribution >= 4 is 12.0 Å². The molecule has 0 unspecified atom stereocenters. The maximum atomic E-state index is 12.2. The number of amides is 2. The molecule has 1 fully saturated rings. The van der Waals surface area contributed by atoms with Crippen LogP contribution in [0.3, 0.4) is 0 Å². The number of aromatic nitrogens is 2. The Hall–Kier alpha value is -2.05. The quantitative estimate of drug-likeness (QED) is 0.880. The zero-order chi connectivity index (χ0) is 15.6. The van der Waals surface area contributed by atoms with Gasteiger partial charge in [-0.3, -0.25) is 9.48 Å². The van der Waals surface area contributed by atoms with Crippen LogP contribution >= 0.6 is 0 Å². The van der Waals surface area contributed by atoms with Crippen LogP contribution in [-0.2, 0) is 11.3 Å². The summed E-state index contributed by atoms with van der Waals surface area (Å²) >= 11 is 0. The van der Waals surface area contributed by atoms with E-state index in [2.05, 4.69) is 10.4 Å². The number of nitrogens with zero attached hydrogens (tertiary/aromatic N) is 3. The number of carbonyl (C=O) groups is 2. The second-order valence-electron chi connectivity index (χ2n) is 5.84. The van der Waals surface area contributed by atoms with Crippen LogP contribution in [0.4, 0.5) is 4.79 Å². The number of hydrogen-bond acceptors (Lipinski definition) is 3. The molecule has 0 aromatic carbocycles. The molecule has 7 nitrogen and oxygen atoms in total.